The van der Waals surface area contributed by atoms with Gasteiger partial charge in [0.1, 0.15) is 0 Å². The molecule has 2 unspecified atom stereocenters. The highest BCUT2D eigenvalue weighted by Gasteiger charge is 2.27. The normalized spacial score (nSPS) is 24.6. The Morgan fingerprint density at radius 1 is 1.28 bits per heavy atom. The first-order valence-electron chi connectivity index (χ1n) is 6.81. The zero-order valence-electron chi connectivity index (χ0n) is 11.4. The summed E-state index contributed by atoms with van der Waals surface area (Å²) in [5.74, 6) is 0.229. The van der Waals surface area contributed by atoms with Crippen molar-refractivity contribution in [1.29, 1.82) is 0 Å². The summed E-state index contributed by atoms with van der Waals surface area (Å²) in [7, 11) is -1.43. The summed E-state index contributed by atoms with van der Waals surface area (Å²) >= 11 is 0. The van der Waals surface area contributed by atoms with Crippen molar-refractivity contribution >= 4 is 10.0 Å². The van der Waals surface area contributed by atoms with E-state index in [1.54, 1.807) is 7.11 Å². The van der Waals surface area contributed by atoms with Crippen LogP contribution in [0.25, 0.3) is 0 Å². The van der Waals surface area contributed by atoms with E-state index in [4.69, 9.17) is 4.74 Å². The molecule has 0 aromatic rings. The van der Waals surface area contributed by atoms with Crippen molar-refractivity contribution in [3.8, 4) is 0 Å². The molecule has 0 spiro atoms. The Bertz CT molecular complexity index is 319. The maximum Gasteiger partial charge on any atom is 0.211 e. The molecule has 1 fully saturated rings. The quantitative estimate of drug-likeness (QED) is 0.614. The van der Waals surface area contributed by atoms with Gasteiger partial charge in [-0.3, -0.25) is 0 Å². The molecule has 1 rings (SSSR count). The van der Waals surface area contributed by atoms with Crippen LogP contribution in [0.2, 0.25) is 0 Å². The second kappa shape index (κ2) is 8.09. The first kappa shape index (κ1) is 15.9. The molecule has 0 bridgehead atoms. The summed E-state index contributed by atoms with van der Waals surface area (Å²) in [5, 5.41) is 3.19. The minimum atomic E-state index is -3.12. The average molecular weight is 278 g/mol. The molecule has 2 atom stereocenters. The van der Waals surface area contributed by atoms with E-state index in [9.17, 15) is 8.42 Å². The highest BCUT2D eigenvalue weighted by atomic mass is 32.2. The fourth-order valence-corrected chi connectivity index (χ4v) is 3.72. The van der Waals surface area contributed by atoms with E-state index in [0.29, 0.717) is 6.42 Å². The number of nitrogens with one attached hydrogen (secondary N) is 2. The van der Waals surface area contributed by atoms with Gasteiger partial charge < -0.3 is 10.1 Å². The van der Waals surface area contributed by atoms with Gasteiger partial charge in [-0.05, 0) is 45.2 Å². The summed E-state index contributed by atoms with van der Waals surface area (Å²) < 4.78 is 31.7. The molecule has 18 heavy (non-hydrogen) atoms. The van der Waals surface area contributed by atoms with Crippen LogP contribution in [0, 0.1) is 0 Å². The van der Waals surface area contributed by atoms with Crippen LogP contribution in [0.5, 0.6) is 0 Å². The molecule has 0 amide bonds. The second-order valence-corrected chi connectivity index (χ2v) is 6.74. The number of hydrogen-bond acceptors (Lipinski definition) is 4. The zero-order chi connectivity index (χ0) is 13.4. The molecule has 0 saturated heterocycles. The largest absolute Gasteiger partial charge is 0.381 e. The molecule has 1 aliphatic carbocycles. The maximum atomic E-state index is 11.8. The van der Waals surface area contributed by atoms with Gasteiger partial charge in [-0.25, -0.2) is 13.1 Å². The van der Waals surface area contributed by atoms with E-state index in [-0.39, 0.29) is 17.9 Å². The van der Waals surface area contributed by atoms with E-state index in [1.165, 1.54) is 0 Å². The first-order chi connectivity index (χ1) is 8.57. The molecule has 1 aliphatic rings. The fraction of sp³-hybridized carbons (Fsp3) is 1.00. The van der Waals surface area contributed by atoms with Gasteiger partial charge in [0.15, 0.2) is 0 Å². The molecule has 0 aromatic heterocycles. The molecule has 2 N–H and O–H groups in total. The molecule has 108 valence electrons. The smallest absolute Gasteiger partial charge is 0.211 e. The second-order valence-electron chi connectivity index (χ2n) is 4.87. The summed E-state index contributed by atoms with van der Waals surface area (Å²) in [5.41, 5.74) is 0. The van der Waals surface area contributed by atoms with Crippen LogP contribution in [0.15, 0.2) is 0 Å². The van der Waals surface area contributed by atoms with Crippen LogP contribution in [-0.2, 0) is 14.8 Å². The van der Waals surface area contributed by atoms with E-state index in [1.807, 2.05) is 6.92 Å². The van der Waals surface area contributed by atoms with Crippen molar-refractivity contribution in [2.75, 3.05) is 26.0 Å². The van der Waals surface area contributed by atoms with Gasteiger partial charge in [0.25, 0.3) is 0 Å². The van der Waals surface area contributed by atoms with Gasteiger partial charge in [0.2, 0.25) is 10.0 Å². The Hall–Kier alpha value is -0.170. The van der Waals surface area contributed by atoms with Crippen LogP contribution >= 0.6 is 0 Å². The molecule has 0 heterocycles. The lowest BCUT2D eigenvalue weighted by atomic mass is 10.3. The predicted octanol–water partition coefficient (Wildman–Crippen LogP) is 0.863. The standard InChI is InChI=1S/C12H26N2O3S/c1-3-13-8-4-5-9-18(15,16)14-11-6-7-12(10-11)17-2/h11-14H,3-10H2,1-2H3. The third kappa shape index (κ3) is 6.13. The van der Waals surface area contributed by atoms with Gasteiger partial charge in [0.05, 0.1) is 11.9 Å². The molecular formula is C12H26N2O3S. The lowest BCUT2D eigenvalue weighted by Crippen LogP contribution is -2.35. The minimum absolute atomic E-state index is 0.0636. The monoisotopic (exact) mass is 278 g/mol. The van der Waals surface area contributed by atoms with Crippen LogP contribution in [0.3, 0.4) is 0 Å². The zero-order valence-corrected chi connectivity index (χ0v) is 12.3. The summed E-state index contributed by atoms with van der Waals surface area (Å²) in [6.07, 6.45) is 4.46. The number of ether oxygens (including phenoxy) is 1. The summed E-state index contributed by atoms with van der Waals surface area (Å²) in [6.45, 7) is 3.87. The topological polar surface area (TPSA) is 67.4 Å². The van der Waals surface area contributed by atoms with Crippen LogP contribution in [0.4, 0.5) is 0 Å². The van der Waals surface area contributed by atoms with Crippen molar-refractivity contribution in [1.82, 2.24) is 10.0 Å². The number of sulfonamides is 1. The van der Waals surface area contributed by atoms with Gasteiger partial charge >= 0.3 is 0 Å². The van der Waals surface area contributed by atoms with Crippen molar-refractivity contribution in [3.05, 3.63) is 0 Å². The first-order valence-corrected chi connectivity index (χ1v) is 8.46. The Morgan fingerprint density at radius 2 is 2.06 bits per heavy atom. The highest BCUT2D eigenvalue weighted by Crippen LogP contribution is 2.22. The lowest BCUT2D eigenvalue weighted by Gasteiger charge is -2.13. The Morgan fingerprint density at radius 3 is 2.67 bits per heavy atom. The average Bonchev–Trinajstić information content (AvgIpc) is 2.75. The number of rotatable bonds is 9. The van der Waals surface area contributed by atoms with Gasteiger partial charge in [-0.2, -0.15) is 0 Å². The van der Waals surface area contributed by atoms with Crippen molar-refractivity contribution < 1.29 is 13.2 Å². The summed E-state index contributed by atoms with van der Waals surface area (Å²) in [4.78, 5) is 0. The third-order valence-corrected chi connectivity index (χ3v) is 4.85. The Labute approximate surface area is 111 Å². The highest BCUT2D eigenvalue weighted by molar-refractivity contribution is 7.89. The van der Waals surface area contributed by atoms with Gasteiger partial charge in [-0.1, -0.05) is 6.92 Å². The third-order valence-electron chi connectivity index (χ3n) is 3.33. The number of hydrogen-bond donors (Lipinski definition) is 2. The maximum absolute atomic E-state index is 11.8. The molecule has 6 heteroatoms. The van der Waals surface area contributed by atoms with E-state index in [0.717, 1.165) is 38.8 Å². The van der Waals surface area contributed by atoms with E-state index in [2.05, 4.69) is 10.0 Å². The van der Waals surface area contributed by atoms with Crippen molar-refractivity contribution in [2.45, 2.75) is 51.2 Å². The van der Waals surface area contributed by atoms with E-state index >= 15 is 0 Å². The predicted molar refractivity (Wildman–Crippen MR) is 73.1 cm³/mol. The van der Waals surface area contributed by atoms with Crippen LogP contribution < -0.4 is 10.0 Å². The number of unbranched alkanes of at least 4 members (excludes halogenated alkanes) is 1. The molecular weight excluding hydrogens is 252 g/mol. The molecule has 0 aromatic carbocycles. The Balaban J connectivity index is 2.19. The van der Waals surface area contributed by atoms with Crippen molar-refractivity contribution in [3.63, 3.8) is 0 Å². The van der Waals surface area contributed by atoms with E-state index < -0.39 is 10.0 Å². The van der Waals surface area contributed by atoms with Crippen LogP contribution in [0.1, 0.15) is 39.0 Å². The van der Waals surface area contributed by atoms with Gasteiger partial charge in [0, 0.05) is 13.2 Å². The number of methoxy groups -OCH3 is 1. The minimum Gasteiger partial charge on any atom is -0.381 e. The molecule has 0 radical (unpaired) electrons. The van der Waals surface area contributed by atoms with Crippen LogP contribution in [-0.4, -0.2) is 46.5 Å². The fourth-order valence-electron chi connectivity index (χ4n) is 2.29. The summed E-state index contributed by atoms with van der Waals surface area (Å²) in [6, 6.07) is 0.0636. The lowest BCUT2D eigenvalue weighted by molar-refractivity contribution is 0.107. The Kier molecular flexibility index (Phi) is 7.14. The van der Waals surface area contributed by atoms with Gasteiger partial charge in [-0.15, -0.1) is 0 Å². The molecule has 5 nitrogen and oxygen atoms in total. The van der Waals surface area contributed by atoms with Crippen molar-refractivity contribution in [2.24, 2.45) is 0 Å². The molecule has 1 saturated carbocycles. The molecule has 0 aliphatic heterocycles. The SMILES string of the molecule is CCNCCCCS(=O)(=O)NC1CCC(OC)C1.